The Balaban J connectivity index is 1.73. The number of hydrogen-bond acceptors (Lipinski definition) is 8. The second kappa shape index (κ2) is 7.30. The third-order valence-corrected chi connectivity index (χ3v) is 4.97. The zero-order chi connectivity index (χ0) is 16.1. The lowest BCUT2D eigenvalue weighted by Gasteiger charge is -2.04. The Morgan fingerprint density at radius 1 is 1.09 bits per heavy atom. The van der Waals surface area contributed by atoms with Gasteiger partial charge in [-0.15, -0.1) is 5.10 Å². The standard InChI is InChI=1S/C15H11N3O3S2/c1-20-14(19)11-4-2-3-5-12(11)22-23-15-18-17-13(21-15)10-6-8-16-9-7-10/h2-9H,1H3. The van der Waals surface area contributed by atoms with Gasteiger partial charge >= 0.3 is 5.97 Å². The van der Waals surface area contributed by atoms with E-state index in [1.807, 2.05) is 12.1 Å². The Hall–Kier alpha value is -2.32. The lowest BCUT2D eigenvalue weighted by Crippen LogP contribution is -2.02. The van der Waals surface area contributed by atoms with Crippen LogP contribution in [0.1, 0.15) is 10.4 Å². The van der Waals surface area contributed by atoms with Crippen molar-refractivity contribution in [3.05, 3.63) is 54.4 Å². The molecule has 1 aromatic carbocycles. The summed E-state index contributed by atoms with van der Waals surface area (Å²) in [5, 5.41) is 8.40. The van der Waals surface area contributed by atoms with Crippen molar-refractivity contribution in [1.82, 2.24) is 15.2 Å². The van der Waals surface area contributed by atoms with Gasteiger partial charge in [0, 0.05) is 33.6 Å². The van der Waals surface area contributed by atoms with Crippen LogP contribution in [-0.2, 0) is 4.74 Å². The predicted molar refractivity (Wildman–Crippen MR) is 87.0 cm³/mol. The Morgan fingerprint density at radius 3 is 2.65 bits per heavy atom. The summed E-state index contributed by atoms with van der Waals surface area (Å²) in [6.07, 6.45) is 3.32. The first-order chi connectivity index (χ1) is 11.3. The first-order valence-electron chi connectivity index (χ1n) is 6.53. The fourth-order valence-corrected chi connectivity index (χ4v) is 3.60. The number of methoxy groups -OCH3 is 1. The number of benzene rings is 1. The van der Waals surface area contributed by atoms with Crippen LogP contribution in [0.2, 0.25) is 0 Å². The monoisotopic (exact) mass is 345 g/mol. The van der Waals surface area contributed by atoms with Gasteiger partial charge in [0.2, 0.25) is 5.89 Å². The quantitative estimate of drug-likeness (QED) is 0.511. The second-order valence-corrected chi connectivity index (χ2v) is 6.39. The van der Waals surface area contributed by atoms with Crippen molar-refractivity contribution >= 4 is 27.6 Å². The first-order valence-corrected chi connectivity index (χ1v) is 8.68. The molecular formula is C15H11N3O3S2. The van der Waals surface area contributed by atoms with E-state index in [9.17, 15) is 4.79 Å². The molecule has 0 saturated heterocycles. The zero-order valence-electron chi connectivity index (χ0n) is 12.0. The van der Waals surface area contributed by atoms with Gasteiger partial charge in [0.05, 0.1) is 12.7 Å². The molecule has 6 nitrogen and oxygen atoms in total. The number of aromatic nitrogens is 3. The summed E-state index contributed by atoms with van der Waals surface area (Å²) in [4.78, 5) is 16.4. The van der Waals surface area contributed by atoms with Gasteiger partial charge in [-0.05, 0) is 35.1 Å². The van der Waals surface area contributed by atoms with E-state index in [1.165, 1.54) is 28.7 Å². The highest BCUT2D eigenvalue weighted by molar-refractivity contribution is 8.76. The van der Waals surface area contributed by atoms with Crippen molar-refractivity contribution in [2.75, 3.05) is 7.11 Å². The Kier molecular flexibility index (Phi) is 4.94. The summed E-state index contributed by atoms with van der Waals surface area (Å²) in [7, 11) is 4.00. The molecule has 0 spiro atoms. The van der Waals surface area contributed by atoms with Crippen LogP contribution in [0.15, 0.2) is 63.3 Å². The lowest BCUT2D eigenvalue weighted by molar-refractivity contribution is 0.0597. The van der Waals surface area contributed by atoms with E-state index in [0.717, 1.165) is 10.5 Å². The zero-order valence-corrected chi connectivity index (χ0v) is 13.6. The maximum atomic E-state index is 11.7. The number of nitrogens with zero attached hydrogens (tertiary/aromatic N) is 3. The fraction of sp³-hybridized carbons (Fsp3) is 0.0667. The smallest absolute Gasteiger partial charge is 0.339 e. The highest BCUT2D eigenvalue weighted by atomic mass is 33.1. The van der Waals surface area contributed by atoms with Crippen molar-refractivity contribution in [2.45, 2.75) is 10.1 Å². The topological polar surface area (TPSA) is 78.1 Å². The van der Waals surface area contributed by atoms with Crippen molar-refractivity contribution in [3.63, 3.8) is 0 Å². The molecule has 0 radical (unpaired) electrons. The minimum atomic E-state index is -0.378. The van der Waals surface area contributed by atoms with Crippen molar-refractivity contribution in [3.8, 4) is 11.5 Å². The first kappa shape index (κ1) is 15.6. The van der Waals surface area contributed by atoms with E-state index in [0.29, 0.717) is 16.7 Å². The summed E-state index contributed by atoms with van der Waals surface area (Å²) in [6.45, 7) is 0. The Bertz CT molecular complexity index is 808. The van der Waals surface area contributed by atoms with Crippen LogP contribution in [0.5, 0.6) is 0 Å². The van der Waals surface area contributed by atoms with Crippen LogP contribution in [-0.4, -0.2) is 28.3 Å². The normalized spacial score (nSPS) is 10.5. The molecule has 2 aromatic heterocycles. The fourth-order valence-electron chi connectivity index (χ4n) is 1.75. The van der Waals surface area contributed by atoms with E-state index in [2.05, 4.69) is 15.2 Å². The number of hydrogen-bond donors (Lipinski definition) is 0. The molecule has 0 amide bonds. The molecule has 0 aliphatic heterocycles. The largest absolute Gasteiger partial charge is 0.465 e. The Morgan fingerprint density at radius 2 is 1.87 bits per heavy atom. The summed E-state index contributed by atoms with van der Waals surface area (Å²) in [6, 6.07) is 10.8. The molecular weight excluding hydrogens is 334 g/mol. The predicted octanol–water partition coefficient (Wildman–Crippen LogP) is 3.72. The van der Waals surface area contributed by atoms with Crippen LogP contribution >= 0.6 is 21.6 Å². The van der Waals surface area contributed by atoms with Crippen LogP contribution < -0.4 is 0 Å². The van der Waals surface area contributed by atoms with Gasteiger partial charge in [-0.2, -0.15) is 0 Å². The van der Waals surface area contributed by atoms with Gasteiger partial charge in [-0.25, -0.2) is 4.79 Å². The van der Waals surface area contributed by atoms with Gasteiger partial charge in [0.25, 0.3) is 5.22 Å². The molecule has 3 aromatic rings. The van der Waals surface area contributed by atoms with Crippen molar-refractivity contribution in [2.24, 2.45) is 0 Å². The van der Waals surface area contributed by atoms with Gasteiger partial charge < -0.3 is 9.15 Å². The SMILES string of the molecule is COC(=O)c1ccccc1SSc1nnc(-c2ccncc2)o1. The molecule has 116 valence electrons. The Labute approximate surface area is 140 Å². The molecule has 0 aliphatic carbocycles. The average Bonchev–Trinajstić information content (AvgIpc) is 3.09. The highest BCUT2D eigenvalue weighted by Gasteiger charge is 2.14. The molecule has 0 aliphatic rings. The molecule has 2 heterocycles. The summed E-state index contributed by atoms with van der Waals surface area (Å²) in [5.41, 5.74) is 1.31. The molecule has 8 heteroatoms. The van der Waals surface area contributed by atoms with Crippen molar-refractivity contribution in [1.29, 1.82) is 0 Å². The van der Waals surface area contributed by atoms with Gasteiger partial charge in [-0.1, -0.05) is 17.2 Å². The molecule has 3 rings (SSSR count). The number of ether oxygens (including phenoxy) is 1. The van der Waals surface area contributed by atoms with Gasteiger partial charge in [0.1, 0.15) is 0 Å². The molecule has 23 heavy (non-hydrogen) atoms. The molecule has 0 fully saturated rings. The molecule has 0 unspecified atom stereocenters. The minimum Gasteiger partial charge on any atom is -0.465 e. The van der Waals surface area contributed by atoms with Crippen LogP contribution in [0.25, 0.3) is 11.5 Å². The van der Waals surface area contributed by atoms with Gasteiger partial charge in [-0.3, -0.25) is 4.98 Å². The number of carbonyl (C=O) groups excluding carboxylic acids is 1. The average molecular weight is 345 g/mol. The lowest BCUT2D eigenvalue weighted by atomic mass is 10.2. The molecule has 0 saturated carbocycles. The summed E-state index contributed by atoms with van der Waals surface area (Å²) < 4.78 is 10.4. The second-order valence-electron chi connectivity index (χ2n) is 4.26. The third kappa shape index (κ3) is 3.72. The van der Waals surface area contributed by atoms with Crippen LogP contribution in [0, 0.1) is 0 Å². The van der Waals surface area contributed by atoms with E-state index in [4.69, 9.17) is 9.15 Å². The summed E-state index contributed by atoms with van der Waals surface area (Å²) in [5.74, 6) is 0.0495. The molecule has 0 atom stereocenters. The van der Waals surface area contributed by atoms with Crippen LogP contribution in [0.4, 0.5) is 0 Å². The van der Waals surface area contributed by atoms with E-state index < -0.39 is 0 Å². The van der Waals surface area contributed by atoms with E-state index in [1.54, 1.807) is 36.7 Å². The van der Waals surface area contributed by atoms with Crippen molar-refractivity contribution < 1.29 is 13.9 Å². The minimum absolute atomic E-state index is 0.378. The number of pyridine rings is 1. The van der Waals surface area contributed by atoms with E-state index >= 15 is 0 Å². The maximum absolute atomic E-state index is 11.7. The third-order valence-electron chi connectivity index (χ3n) is 2.83. The van der Waals surface area contributed by atoms with Crippen LogP contribution in [0.3, 0.4) is 0 Å². The highest BCUT2D eigenvalue weighted by Crippen LogP contribution is 2.39. The number of rotatable bonds is 5. The number of esters is 1. The molecule has 0 N–H and O–H groups in total. The number of carbonyl (C=O) groups is 1. The van der Waals surface area contributed by atoms with Gasteiger partial charge in [0.15, 0.2) is 0 Å². The maximum Gasteiger partial charge on any atom is 0.339 e. The summed E-state index contributed by atoms with van der Waals surface area (Å²) >= 11 is 0. The van der Waals surface area contributed by atoms with E-state index in [-0.39, 0.29) is 5.97 Å². The molecule has 0 bridgehead atoms.